The summed E-state index contributed by atoms with van der Waals surface area (Å²) in [4.78, 5) is 20.2. The third-order valence-corrected chi connectivity index (χ3v) is 3.34. The number of anilines is 2. The van der Waals surface area contributed by atoms with E-state index in [0.29, 0.717) is 19.0 Å². The number of carbonyl (C=O) groups excluding carboxylic acids is 1. The van der Waals surface area contributed by atoms with Crippen LogP contribution in [-0.2, 0) is 4.74 Å². The van der Waals surface area contributed by atoms with Gasteiger partial charge in [0.05, 0.1) is 19.0 Å². The van der Waals surface area contributed by atoms with Gasteiger partial charge in [0.2, 0.25) is 0 Å². The molecule has 6 heteroatoms. The first-order valence-corrected chi connectivity index (χ1v) is 7.04. The minimum Gasteiger partial charge on any atom is -0.383 e. The molecule has 22 heavy (non-hydrogen) atoms. The van der Waals surface area contributed by atoms with Gasteiger partial charge in [-0.3, -0.25) is 4.79 Å². The van der Waals surface area contributed by atoms with Crippen molar-refractivity contribution in [1.29, 1.82) is 0 Å². The van der Waals surface area contributed by atoms with E-state index in [9.17, 15) is 4.79 Å². The Kier molecular flexibility index (Phi) is 5.43. The maximum Gasteiger partial charge on any atom is 0.271 e. The Morgan fingerprint density at radius 2 is 2.05 bits per heavy atom. The summed E-state index contributed by atoms with van der Waals surface area (Å²) in [6.07, 6.45) is 3.00. The number of carbonyl (C=O) groups is 1. The van der Waals surface area contributed by atoms with E-state index in [1.165, 1.54) is 11.8 Å². The third-order valence-electron chi connectivity index (χ3n) is 3.34. The van der Waals surface area contributed by atoms with E-state index in [1.807, 2.05) is 19.1 Å². The Morgan fingerprint density at radius 1 is 1.23 bits per heavy atom. The van der Waals surface area contributed by atoms with Crippen molar-refractivity contribution in [2.75, 3.05) is 25.6 Å². The summed E-state index contributed by atoms with van der Waals surface area (Å²) in [5, 5.41) is 5.90. The summed E-state index contributed by atoms with van der Waals surface area (Å²) in [6.45, 7) is 5.01. The van der Waals surface area contributed by atoms with Crippen LogP contribution in [0.5, 0.6) is 0 Å². The molecular formula is C16H20N4O2. The number of aryl methyl sites for hydroxylation is 1. The fourth-order valence-corrected chi connectivity index (χ4v) is 1.89. The average molecular weight is 300 g/mol. The lowest BCUT2D eigenvalue weighted by atomic mass is 10.1. The standard InChI is InChI=1S/C16H20N4O2/c1-11-5-4-6-13(12(11)2)20-15-10-18-14(9-19-15)16(21)17-7-8-22-3/h4-6,9-10H,7-8H2,1-3H3,(H,17,21)(H,19,20). The van der Waals surface area contributed by atoms with Crippen molar-refractivity contribution in [3.8, 4) is 0 Å². The zero-order valence-corrected chi connectivity index (χ0v) is 13.0. The monoisotopic (exact) mass is 300 g/mol. The van der Waals surface area contributed by atoms with Gasteiger partial charge >= 0.3 is 0 Å². The zero-order valence-electron chi connectivity index (χ0n) is 13.0. The van der Waals surface area contributed by atoms with Gasteiger partial charge in [-0.1, -0.05) is 12.1 Å². The molecule has 0 fully saturated rings. The predicted molar refractivity (Wildman–Crippen MR) is 85.4 cm³/mol. The van der Waals surface area contributed by atoms with E-state index < -0.39 is 0 Å². The van der Waals surface area contributed by atoms with Crippen molar-refractivity contribution in [3.05, 3.63) is 47.4 Å². The number of methoxy groups -OCH3 is 1. The molecule has 0 aliphatic heterocycles. The van der Waals surface area contributed by atoms with Gasteiger partial charge in [-0.2, -0.15) is 0 Å². The molecule has 2 aromatic rings. The first-order valence-electron chi connectivity index (χ1n) is 7.04. The largest absolute Gasteiger partial charge is 0.383 e. The fourth-order valence-electron chi connectivity index (χ4n) is 1.89. The van der Waals surface area contributed by atoms with Crippen molar-refractivity contribution < 1.29 is 9.53 Å². The molecule has 2 rings (SSSR count). The number of ether oxygens (including phenoxy) is 1. The van der Waals surface area contributed by atoms with Crippen molar-refractivity contribution in [2.24, 2.45) is 0 Å². The fraction of sp³-hybridized carbons (Fsp3) is 0.312. The molecule has 1 aromatic carbocycles. The molecule has 0 aliphatic carbocycles. The van der Waals surface area contributed by atoms with Crippen molar-refractivity contribution >= 4 is 17.4 Å². The summed E-state index contributed by atoms with van der Waals surface area (Å²) >= 11 is 0. The van der Waals surface area contributed by atoms with Gasteiger partial charge in [-0.05, 0) is 31.0 Å². The first kappa shape index (κ1) is 15.9. The molecule has 0 bridgehead atoms. The topological polar surface area (TPSA) is 76.1 Å². The van der Waals surface area contributed by atoms with Gasteiger partial charge in [0.15, 0.2) is 0 Å². The van der Waals surface area contributed by atoms with E-state index in [4.69, 9.17) is 4.74 Å². The second-order valence-electron chi connectivity index (χ2n) is 4.91. The second kappa shape index (κ2) is 7.51. The molecule has 0 unspecified atom stereocenters. The second-order valence-corrected chi connectivity index (χ2v) is 4.91. The molecule has 2 N–H and O–H groups in total. The van der Waals surface area contributed by atoms with E-state index in [2.05, 4.69) is 33.6 Å². The number of nitrogens with zero attached hydrogens (tertiary/aromatic N) is 2. The Bertz CT molecular complexity index is 641. The Morgan fingerprint density at radius 3 is 2.73 bits per heavy atom. The van der Waals surface area contributed by atoms with Gasteiger partial charge in [0, 0.05) is 19.3 Å². The van der Waals surface area contributed by atoms with Crippen LogP contribution in [0.25, 0.3) is 0 Å². The van der Waals surface area contributed by atoms with E-state index in [1.54, 1.807) is 13.3 Å². The molecule has 1 amide bonds. The number of rotatable bonds is 6. The molecule has 6 nitrogen and oxygen atoms in total. The van der Waals surface area contributed by atoms with E-state index in [0.717, 1.165) is 11.3 Å². The quantitative estimate of drug-likeness (QED) is 0.800. The maximum atomic E-state index is 11.8. The normalized spacial score (nSPS) is 10.3. The van der Waals surface area contributed by atoms with Crippen LogP contribution >= 0.6 is 0 Å². The van der Waals surface area contributed by atoms with Gasteiger partial charge < -0.3 is 15.4 Å². The van der Waals surface area contributed by atoms with Crippen LogP contribution in [-0.4, -0.2) is 36.1 Å². The molecule has 0 aliphatic rings. The Labute approximate surface area is 129 Å². The van der Waals surface area contributed by atoms with Crippen LogP contribution in [0.3, 0.4) is 0 Å². The minimum atomic E-state index is -0.261. The minimum absolute atomic E-state index is 0.261. The summed E-state index contributed by atoms with van der Waals surface area (Å²) in [5.41, 5.74) is 3.62. The molecule has 1 aromatic heterocycles. The molecule has 1 heterocycles. The number of hydrogen-bond acceptors (Lipinski definition) is 5. The van der Waals surface area contributed by atoms with Gasteiger partial charge in [-0.25, -0.2) is 9.97 Å². The highest BCUT2D eigenvalue weighted by Crippen LogP contribution is 2.21. The SMILES string of the molecule is COCCNC(=O)c1cnc(Nc2cccc(C)c2C)cn1. The summed E-state index contributed by atoms with van der Waals surface area (Å²) in [7, 11) is 1.58. The molecule has 0 saturated heterocycles. The number of aromatic nitrogens is 2. The van der Waals surface area contributed by atoms with Crippen LogP contribution in [0.15, 0.2) is 30.6 Å². The van der Waals surface area contributed by atoms with Gasteiger partial charge in [-0.15, -0.1) is 0 Å². The van der Waals surface area contributed by atoms with Crippen molar-refractivity contribution in [1.82, 2.24) is 15.3 Å². The third kappa shape index (κ3) is 4.02. The van der Waals surface area contributed by atoms with E-state index >= 15 is 0 Å². The summed E-state index contributed by atoms with van der Waals surface area (Å²) in [5.74, 6) is 0.338. The molecule has 0 saturated carbocycles. The van der Waals surface area contributed by atoms with Crippen LogP contribution < -0.4 is 10.6 Å². The van der Waals surface area contributed by atoms with Gasteiger partial charge in [0.25, 0.3) is 5.91 Å². The highest BCUT2D eigenvalue weighted by atomic mass is 16.5. The Balaban J connectivity index is 2.03. The van der Waals surface area contributed by atoms with Crippen molar-refractivity contribution in [3.63, 3.8) is 0 Å². The zero-order chi connectivity index (χ0) is 15.9. The van der Waals surface area contributed by atoms with E-state index in [-0.39, 0.29) is 11.6 Å². The van der Waals surface area contributed by atoms with Crippen LogP contribution in [0.4, 0.5) is 11.5 Å². The van der Waals surface area contributed by atoms with Crippen LogP contribution in [0.1, 0.15) is 21.6 Å². The van der Waals surface area contributed by atoms with Crippen LogP contribution in [0.2, 0.25) is 0 Å². The number of benzene rings is 1. The molecule has 0 spiro atoms. The Hall–Kier alpha value is -2.47. The van der Waals surface area contributed by atoms with Crippen LogP contribution in [0, 0.1) is 13.8 Å². The molecule has 0 atom stereocenters. The maximum absolute atomic E-state index is 11.8. The molecule has 116 valence electrons. The number of amides is 1. The molecular weight excluding hydrogens is 280 g/mol. The molecule has 0 radical (unpaired) electrons. The number of nitrogens with one attached hydrogen (secondary N) is 2. The summed E-state index contributed by atoms with van der Waals surface area (Å²) < 4.78 is 4.87. The summed E-state index contributed by atoms with van der Waals surface area (Å²) in [6, 6.07) is 6.02. The highest BCUT2D eigenvalue weighted by molar-refractivity contribution is 5.92. The lowest BCUT2D eigenvalue weighted by Gasteiger charge is -2.10. The smallest absolute Gasteiger partial charge is 0.271 e. The van der Waals surface area contributed by atoms with Crippen molar-refractivity contribution in [2.45, 2.75) is 13.8 Å². The number of hydrogen-bond donors (Lipinski definition) is 2. The van der Waals surface area contributed by atoms with Gasteiger partial charge in [0.1, 0.15) is 11.5 Å². The highest BCUT2D eigenvalue weighted by Gasteiger charge is 2.08. The lowest BCUT2D eigenvalue weighted by Crippen LogP contribution is -2.27. The first-order chi connectivity index (χ1) is 10.6. The lowest BCUT2D eigenvalue weighted by molar-refractivity contribution is 0.0932. The average Bonchev–Trinajstić information content (AvgIpc) is 2.53. The predicted octanol–water partition coefficient (Wildman–Crippen LogP) is 2.21.